The zero-order valence-electron chi connectivity index (χ0n) is 11.2. The summed E-state index contributed by atoms with van der Waals surface area (Å²) in [5.74, 6) is 2.03. The zero-order chi connectivity index (χ0) is 12.5. The second-order valence-corrected chi connectivity index (χ2v) is 5.80. The van der Waals surface area contributed by atoms with Crippen LogP contribution in [0.5, 0.6) is 0 Å². The van der Waals surface area contributed by atoms with Gasteiger partial charge in [0.05, 0.1) is 0 Å². The fraction of sp³-hybridized carbons (Fsp3) is 0.667. The minimum Gasteiger partial charge on any atom is -0.353 e. The molecule has 98 valence electrons. The Kier molecular flexibility index (Phi) is 3.25. The topological polar surface area (TPSA) is 42.1 Å². The largest absolute Gasteiger partial charge is 0.353 e. The Labute approximate surface area is 109 Å². The number of aromatic nitrogens is 1. The lowest BCUT2D eigenvalue weighted by molar-refractivity contribution is 0.341. The molecule has 0 spiro atoms. The normalized spacial score (nSPS) is 29.1. The van der Waals surface area contributed by atoms with E-state index in [-0.39, 0.29) is 6.04 Å². The van der Waals surface area contributed by atoms with Crippen molar-refractivity contribution in [2.24, 2.45) is 11.7 Å². The fourth-order valence-corrected chi connectivity index (χ4v) is 3.67. The standard InChI is InChI=1S/C15H23N3/c1-11(16)13-6-4-9-17-15(13)18-10-8-12-5-2-3-7-14(12)18/h4,6,9,11-12,14H,2-3,5,7-8,10,16H2,1H3. The molecule has 0 radical (unpaired) electrons. The van der Waals surface area contributed by atoms with Crippen LogP contribution in [0.1, 0.15) is 50.6 Å². The van der Waals surface area contributed by atoms with E-state index in [1.807, 2.05) is 12.3 Å². The van der Waals surface area contributed by atoms with Crippen LogP contribution >= 0.6 is 0 Å². The third-order valence-corrected chi connectivity index (χ3v) is 4.59. The Morgan fingerprint density at radius 1 is 1.33 bits per heavy atom. The van der Waals surface area contributed by atoms with E-state index in [0.29, 0.717) is 6.04 Å². The molecule has 2 heterocycles. The van der Waals surface area contributed by atoms with Crippen molar-refractivity contribution in [2.45, 2.75) is 51.1 Å². The van der Waals surface area contributed by atoms with Crippen molar-refractivity contribution in [3.05, 3.63) is 23.9 Å². The van der Waals surface area contributed by atoms with Crippen LogP contribution in [0.2, 0.25) is 0 Å². The second kappa shape index (κ2) is 4.88. The predicted octanol–water partition coefficient (Wildman–Crippen LogP) is 2.87. The van der Waals surface area contributed by atoms with Gasteiger partial charge in [-0.05, 0) is 38.2 Å². The SMILES string of the molecule is CC(N)c1cccnc1N1CCC2CCCCC21. The summed E-state index contributed by atoms with van der Waals surface area (Å²) in [5, 5.41) is 0. The number of pyridine rings is 1. The highest BCUT2D eigenvalue weighted by molar-refractivity contribution is 5.50. The fourth-order valence-electron chi connectivity index (χ4n) is 3.67. The molecule has 1 saturated carbocycles. The third-order valence-electron chi connectivity index (χ3n) is 4.59. The first-order valence-electron chi connectivity index (χ1n) is 7.24. The molecule has 1 aromatic rings. The summed E-state index contributed by atoms with van der Waals surface area (Å²) in [6.45, 7) is 3.21. The van der Waals surface area contributed by atoms with E-state index in [1.165, 1.54) is 37.7 Å². The summed E-state index contributed by atoms with van der Waals surface area (Å²) in [5.41, 5.74) is 7.28. The summed E-state index contributed by atoms with van der Waals surface area (Å²) >= 11 is 0. The number of nitrogens with two attached hydrogens (primary N) is 1. The van der Waals surface area contributed by atoms with Crippen LogP contribution in [0, 0.1) is 5.92 Å². The monoisotopic (exact) mass is 245 g/mol. The number of nitrogens with zero attached hydrogens (tertiary/aromatic N) is 2. The molecule has 0 bridgehead atoms. The van der Waals surface area contributed by atoms with Gasteiger partial charge in [0, 0.05) is 30.4 Å². The van der Waals surface area contributed by atoms with Crippen LogP contribution in [0.15, 0.2) is 18.3 Å². The molecule has 2 fully saturated rings. The van der Waals surface area contributed by atoms with E-state index in [1.54, 1.807) is 0 Å². The molecule has 0 amide bonds. The van der Waals surface area contributed by atoms with Gasteiger partial charge in [-0.15, -0.1) is 0 Å². The van der Waals surface area contributed by atoms with Gasteiger partial charge in [0.15, 0.2) is 0 Å². The Hall–Kier alpha value is -1.09. The molecule has 3 rings (SSSR count). The average molecular weight is 245 g/mol. The first kappa shape index (κ1) is 12.0. The highest BCUT2D eigenvalue weighted by Crippen LogP contribution is 2.39. The van der Waals surface area contributed by atoms with Crippen molar-refractivity contribution in [3.8, 4) is 0 Å². The number of rotatable bonds is 2. The van der Waals surface area contributed by atoms with Crippen LogP contribution in [0.4, 0.5) is 5.82 Å². The molecule has 3 heteroatoms. The lowest BCUT2D eigenvalue weighted by Crippen LogP contribution is -2.36. The van der Waals surface area contributed by atoms with Gasteiger partial charge in [-0.2, -0.15) is 0 Å². The van der Waals surface area contributed by atoms with Crippen LogP contribution in [-0.2, 0) is 0 Å². The van der Waals surface area contributed by atoms with Crippen LogP contribution in [0.3, 0.4) is 0 Å². The molecule has 3 atom stereocenters. The first-order chi connectivity index (χ1) is 8.77. The third kappa shape index (κ3) is 2.01. The summed E-state index contributed by atoms with van der Waals surface area (Å²) in [7, 11) is 0. The van der Waals surface area contributed by atoms with Gasteiger partial charge in [0.25, 0.3) is 0 Å². The maximum Gasteiger partial charge on any atom is 0.133 e. The molecule has 1 aromatic heterocycles. The van der Waals surface area contributed by atoms with Gasteiger partial charge >= 0.3 is 0 Å². The Balaban J connectivity index is 1.90. The van der Waals surface area contributed by atoms with E-state index in [2.05, 4.69) is 22.9 Å². The zero-order valence-corrected chi connectivity index (χ0v) is 11.2. The highest BCUT2D eigenvalue weighted by atomic mass is 15.2. The number of hydrogen-bond donors (Lipinski definition) is 1. The molecular weight excluding hydrogens is 222 g/mol. The Morgan fingerprint density at radius 2 is 2.17 bits per heavy atom. The van der Waals surface area contributed by atoms with Gasteiger partial charge in [-0.25, -0.2) is 4.98 Å². The number of anilines is 1. The van der Waals surface area contributed by atoms with Crippen LogP contribution < -0.4 is 10.6 Å². The van der Waals surface area contributed by atoms with Crippen molar-refractivity contribution in [2.75, 3.05) is 11.4 Å². The number of fused-ring (bicyclic) bond motifs is 1. The molecule has 3 unspecified atom stereocenters. The molecule has 1 aliphatic carbocycles. The molecule has 2 N–H and O–H groups in total. The smallest absolute Gasteiger partial charge is 0.133 e. The lowest BCUT2D eigenvalue weighted by atomic mass is 9.85. The van der Waals surface area contributed by atoms with E-state index >= 15 is 0 Å². The van der Waals surface area contributed by atoms with Crippen molar-refractivity contribution < 1.29 is 0 Å². The van der Waals surface area contributed by atoms with Gasteiger partial charge in [0.2, 0.25) is 0 Å². The predicted molar refractivity (Wildman–Crippen MR) is 74.5 cm³/mol. The van der Waals surface area contributed by atoms with E-state index in [4.69, 9.17) is 5.73 Å². The van der Waals surface area contributed by atoms with Crippen LogP contribution in [-0.4, -0.2) is 17.6 Å². The van der Waals surface area contributed by atoms with Crippen molar-refractivity contribution in [1.29, 1.82) is 0 Å². The lowest BCUT2D eigenvalue weighted by Gasteiger charge is -2.33. The summed E-state index contributed by atoms with van der Waals surface area (Å²) in [4.78, 5) is 7.15. The van der Waals surface area contributed by atoms with Gasteiger partial charge in [0.1, 0.15) is 5.82 Å². The average Bonchev–Trinajstić information content (AvgIpc) is 2.82. The van der Waals surface area contributed by atoms with Crippen LogP contribution in [0.25, 0.3) is 0 Å². The summed E-state index contributed by atoms with van der Waals surface area (Å²) < 4.78 is 0. The maximum atomic E-state index is 6.08. The van der Waals surface area contributed by atoms with E-state index in [9.17, 15) is 0 Å². The van der Waals surface area contributed by atoms with Gasteiger partial charge in [-0.3, -0.25) is 0 Å². The maximum absolute atomic E-state index is 6.08. The molecule has 1 aliphatic heterocycles. The van der Waals surface area contributed by atoms with Gasteiger partial charge < -0.3 is 10.6 Å². The summed E-state index contributed by atoms with van der Waals surface area (Å²) in [6.07, 6.45) is 8.76. The minimum atomic E-state index is 0.0661. The Bertz CT molecular complexity index is 416. The first-order valence-corrected chi connectivity index (χ1v) is 7.24. The summed E-state index contributed by atoms with van der Waals surface area (Å²) in [6, 6.07) is 4.90. The van der Waals surface area contributed by atoms with Crippen molar-refractivity contribution in [1.82, 2.24) is 4.98 Å². The van der Waals surface area contributed by atoms with E-state index in [0.717, 1.165) is 18.3 Å². The molecule has 1 saturated heterocycles. The minimum absolute atomic E-state index is 0.0661. The molecule has 2 aliphatic rings. The number of hydrogen-bond acceptors (Lipinski definition) is 3. The Morgan fingerprint density at radius 3 is 3.00 bits per heavy atom. The van der Waals surface area contributed by atoms with E-state index < -0.39 is 0 Å². The molecule has 3 nitrogen and oxygen atoms in total. The molecule has 0 aromatic carbocycles. The molecule has 18 heavy (non-hydrogen) atoms. The highest BCUT2D eigenvalue weighted by Gasteiger charge is 2.37. The second-order valence-electron chi connectivity index (χ2n) is 5.80. The quantitative estimate of drug-likeness (QED) is 0.871. The molecular formula is C15H23N3. The van der Waals surface area contributed by atoms with Gasteiger partial charge in [-0.1, -0.05) is 18.9 Å². The van der Waals surface area contributed by atoms with Crippen molar-refractivity contribution in [3.63, 3.8) is 0 Å². The van der Waals surface area contributed by atoms with Crippen molar-refractivity contribution >= 4 is 5.82 Å².